The molecule has 1 aliphatic heterocycles. The van der Waals surface area contributed by atoms with Crippen LogP contribution in [0, 0.1) is 0 Å². The highest BCUT2D eigenvalue weighted by atomic mass is 16.5. The van der Waals surface area contributed by atoms with Crippen LogP contribution in [0.4, 0.5) is 4.79 Å². The fraction of sp³-hybridized carbons (Fsp3) is 0.400. The molecule has 1 aliphatic rings. The predicted molar refractivity (Wildman–Crippen MR) is 80.6 cm³/mol. The van der Waals surface area contributed by atoms with E-state index in [0.717, 1.165) is 10.5 Å². The number of hydrogen-bond donors (Lipinski definition) is 3. The molecule has 1 aromatic rings. The summed E-state index contributed by atoms with van der Waals surface area (Å²) in [5.74, 6) is -0.154. The second-order valence-corrected chi connectivity index (χ2v) is 5.05. The van der Waals surface area contributed by atoms with Crippen molar-refractivity contribution >= 4 is 17.8 Å². The van der Waals surface area contributed by atoms with Crippen molar-refractivity contribution in [1.29, 1.82) is 0 Å². The zero-order valence-electron chi connectivity index (χ0n) is 12.7. The molecule has 1 fully saturated rings. The van der Waals surface area contributed by atoms with Crippen molar-refractivity contribution in [2.24, 2.45) is 0 Å². The molecule has 0 unspecified atom stereocenters. The van der Waals surface area contributed by atoms with Gasteiger partial charge in [0.05, 0.1) is 26.7 Å². The van der Waals surface area contributed by atoms with E-state index in [1.165, 1.54) is 0 Å². The maximum atomic E-state index is 12.2. The topological polar surface area (TPSA) is 108 Å². The first kappa shape index (κ1) is 16.8. The molecule has 2 rings (SSSR count). The van der Waals surface area contributed by atoms with Gasteiger partial charge in [0, 0.05) is 6.54 Å². The van der Waals surface area contributed by atoms with Crippen LogP contribution in [0.5, 0.6) is 5.75 Å². The molecule has 8 nitrogen and oxygen atoms in total. The lowest BCUT2D eigenvalue weighted by molar-refractivity contribution is -0.131. The summed E-state index contributed by atoms with van der Waals surface area (Å²) in [7, 11) is 1.55. The molecule has 1 atom stereocenters. The van der Waals surface area contributed by atoms with Crippen molar-refractivity contribution in [2.45, 2.75) is 19.0 Å². The van der Waals surface area contributed by atoms with E-state index in [2.05, 4.69) is 10.6 Å². The quantitative estimate of drug-likeness (QED) is 0.593. The normalized spacial score (nSPS) is 17.1. The van der Waals surface area contributed by atoms with Crippen LogP contribution >= 0.6 is 0 Å². The Hall–Kier alpha value is -2.61. The van der Waals surface area contributed by atoms with E-state index in [1.807, 2.05) is 0 Å². The summed E-state index contributed by atoms with van der Waals surface area (Å²) >= 11 is 0. The van der Waals surface area contributed by atoms with Crippen molar-refractivity contribution in [3.8, 4) is 5.75 Å². The summed E-state index contributed by atoms with van der Waals surface area (Å²) in [5, 5.41) is 13.6. The Bertz CT molecular complexity index is 587. The third-order valence-electron chi connectivity index (χ3n) is 3.43. The Morgan fingerprint density at radius 3 is 2.65 bits per heavy atom. The summed E-state index contributed by atoms with van der Waals surface area (Å²) in [6.07, 6.45) is -0.149. The van der Waals surface area contributed by atoms with Gasteiger partial charge in [0.2, 0.25) is 5.91 Å². The van der Waals surface area contributed by atoms with E-state index in [1.54, 1.807) is 31.4 Å². The van der Waals surface area contributed by atoms with Crippen LogP contribution in [-0.2, 0) is 16.1 Å². The fourth-order valence-electron chi connectivity index (χ4n) is 2.23. The number of imide groups is 1. The molecule has 0 aromatic heterocycles. The first-order chi connectivity index (χ1) is 11.0. The average molecular weight is 321 g/mol. The molecule has 8 heteroatoms. The Morgan fingerprint density at radius 1 is 1.35 bits per heavy atom. The second-order valence-electron chi connectivity index (χ2n) is 5.05. The van der Waals surface area contributed by atoms with Gasteiger partial charge in [-0.3, -0.25) is 14.5 Å². The maximum Gasteiger partial charge on any atom is 0.325 e. The summed E-state index contributed by atoms with van der Waals surface area (Å²) in [4.78, 5) is 36.8. The molecule has 0 radical (unpaired) electrons. The van der Waals surface area contributed by atoms with E-state index in [-0.39, 0.29) is 26.1 Å². The van der Waals surface area contributed by atoms with Gasteiger partial charge in [-0.15, -0.1) is 0 Å². The van der Waals surface area contributed by atoms with Gasteiger partial charge in [0.25, 0.3) is 5.91 Å². The average Bonchev–Trinajstić information content (AvgIpc) is 2.81. The van der Waals surface area contributed by atoms with Crippen LogP contribution in [0.1, 0.15) is 12.0 Å². The number of carbonyl (C=O) groups is 3. The van der Waals surface area contributed by atoms with Crippen LogP contribution < -0.4 is 15.4 Å². The first-order valence-corrected chi connectivity index (χ1v) is 7.17. The fourth-order valence-corrected chi connectivity index (χ4v) is 2.23. The summed E-state index contributed by atoms with van der Waals surface area (Å²) in [5.41, 5.74) is 0.777. The molecule has 23 heavy (non-hydrogen) atoms. The Morgan fingerprint density at radius 2 is 2.04 bits per heavy atom. The Balaban J connectivity index is 1.96. The predicted octanol–water partition coefficient (Wildman–Crippen LogP) is -0.386. The SMILES string of the molecule is COc1ccc(CN2C(=O)N[C@H](CC(=O)NCCO)C2=O)cc1. The molecule has 1 saturated heterocycles. The van der Waals surface area contributed by atoms with Gasteiger partial charge in [-0.25, -0.2) is 4.79 Å². The van der Waals surface area contributed by atoms with Gasteiger partial charge in [-0.05, 0) is 17.7 Å². The molecule has 0 spiro atoms. The second kappa shape index (κ2) is 7.59. The van der Waals surface area contributed by atoms with Crippen molar-refractivity contribution in [2.75, 3.05) is 20.3 Å². The van der Waals surface area contributed by atoms with Gasteiger partial charge in [0.15, 0.2) is 0 Å². The molecule has 0 bridgehead atoms. The minimum atomic E-state index is -0.876. The van der Waals surface area contributed by atoms with Gasteiger partial charge in [0.1, 0.15) is 11.8 Å². The highest BCUT2D eigenvalue weighted by Crippen LogP contribution is 2.16. The van der Waals surface area contributed by atoms with E-state index in [0.29, 0.717) is 5.75 Å². The summed E-state index contributed by atoms with van der Waals surface area (Å²) in [6.45, 7) is 0.0625. The minimum absolute atomic E-state index is 0.114. The van der Waals surface area contributed by atoms with Crippen LogP contribution in [0.3, 0.4) is 0 Å². The van der Waals surface area contributed by atoms with Crippen LogP contribution in [0.2, 0.25) is 0 Å². The van der Waals surface area contributed by atoms with E-state index in [9.17, 15) is 14.4 Å². The van der Waals surface area contributed by atoms with Gasteiger partial charge >= 0.3 is 6.03 Å². The number of urea groups is 1. The maximum absolute atomic E-state index is 12.2. The van der Waals surface area contributed by atoms with E-state index in [4.69, 9.17) is 9.84 Å². The summed E-state index contributed by atoms with van der Waals surface area (Å²) < 4.78 is 5.05. The number of methoxy groups -OCH3 is 1. The zero-order valence-corrected chi connectivity index (χ0v) is 12.7. The van der Waals surface area contributed by atoms with Crippen molar-refractivity contribution in [3.63, 3.8) is 0 Å². The van der Waals surface area contributed by atoms with Gasteiger partial charge in [-0.1, -0.05) is 12.1 Å². The van der Waals surface area contributed by atoms with Crippen molar-refractivity contribution in [3.05, 3.63) is 29.8 Å². The molecule has 0 saturated carbocycles. The third kappa shape index (κ3) is 4.19. The van der Waals surface area contributed by atoms with Crippen LogP contribution in [-0.4, -0.2) is 54.2 Å². The molecule has 1 heterocycles. The lowest BCUT2D eigenvalue weighted by Gasteiger charge is -2.13. The minimum Gasteiger partial charge on any atom is -0.497 e. The number of nitrogens with zero attached hydrogens (tertiary/aromatic N) is 1. The molecule has 124 valence electrons. The Labute approximate surface area is 133 Å². The monoisotopic (exact) mass is 321 g/mol. The van der Waals surface area contributed by atoms with Gasteiger partial charge < -0.3 is 20.5 Å². The summed E-state index contributed by atoms with van der Waals surface area (Å²) in [6, 6.07) is 5.62. The first-order valence-electron chi connectivity index (χ1n) is 7.17. The number of benzene rings is 1. The molecular weight excluding hydrogens is 302 g/mol. The molecule has 4 amide bonds. The highest BCUT2D eigenvalue weighted by molar-refractivity contribution is 6.05. The molecule has 1 aromatic carbocycles. The number of hydrogen-bond acceptors (Lipinski definition) is 5. The Kier molecular flexibility index (Phi) is 5.53. The van der Waals surface area contributed by atoms with E-state index >= 15 is 0 Å². The van der Waals surface area contributed by atoms with Gasteiger partial charge in [-0.2, -0.15) is 0 Å². The van der Waals surface area contributed by atoms with Crippen LogP contribution in [0.25, 0.3) is 0 Å². The highest BCUT2D eigenvalue weighted by Gasteiger charge is 2.38. The standard InChI is InChI=1S/C15H19N3O5/c1-23-11-4-2-10(3-5-11)9-18-14(21)12(17-15(18)22)8-13(20)16-6-7-19/h2-5,12,19H,6-9H2,1H3,(H,16,20)(H,17,22)/t12-/m1/s1. The largest absolute Gasteiger partial charge is 0.497 e. The van der Waals surface area contributed by atoms with Crippen molar-refractivity contribution < 1.29 is 24.2 Å². The lowest BCUT2D eigenvalue weighted by Crippen LogP contribution is -2.37. The van der Waals surface area contributed by atoms with Crippen molar-refractivity contribution in [1.82, 2.24) is 15.5 Å². The number of nitrogens with one attached hydrogen (secondary N) is 2. The third-order valence-corrected chi connectivity index (χ3v) is 3.43. The lowest BCUT2D eigenvalue weighted by atomic mass is 10.1. The number of amides is 4. The van der Waals surface area contributed by atoms with Crippen LogP contribution in [0.15, 0.2) is 24.3 Å². The number of aliphatic hydroxyl groups is 1. The molecule has 3 N–H and O–H groups in total. The number of ether oxygens (including phenoxy) is 1. The number of aliphatic hydroxyl groups excluding tert-OH is 1. The smallest absolute Gasteiger partial charge is 0.325 e. The molecular formula is C15H19N3O5. The molecule has 0 aliphatic carbocycles. The number of carbonyl (C=O) groups excluding carboxylic acids is 3. The number of rotatable bonds is 7. The van der Waals surface area contributed by atoms with E-state index < -0.39 is 23.9 Å². The zero-order chi connectivity index (χ0) is 16.8.